The Hall–Kier alpha value is -0.400. The molecule has 0 spiro atoms. The van der Waals surface area contributed by atoms with E-state index in [0.717, 1.165) is 0 Å². The zero-order chi connectivity index (χ0) is 11.6. The molecule has 1 unspecified atom stereocenters. The highest BCUT2D eigenvalue weighted by molar-refractivity contribution is 9.09. The number of H-pyrrole nitrogens is 1. The molecule has 0 saturated carbocycles. The molecule has 0 aliphatic rings. The van der Waals surface area contributed by atoms with E-state index in [9.17, 15) is 8.42 Å². The molecular formula is C8H14BrN3O2S. The minimum Gasteiger partial charge on any atom is -0.281 e. The van der Waals surface area contributed by atoms with Crippen molar-refractivity contribution in [3.05, 3.63) is 11.4 Å². The van der Waals surface area contributed by atoms with Crippen LogP contribution in [-0.2, 0) is 10.0 Å². The lowest BCUT2D eigenvalue weighted by Crippen LogP contribution is -2.29. The van der Waals surface area contributed by atoms with E-state index in [0.29, 0.717) is 17.9 Å². The maximum atomic E-state index is 11.8. The Balaban J connectivity index is 2.96. The van der Waals surface area contributed by atoms with Crippen LogP contribution in [0.5, 0.6) is 0 Å². The fourth-order valence-electron chi connectivity index (χ4n) is 1.23. The van der Waals surface area contributed by atoms with Crippen LogP contribution in [0, 0.1) is 13.8 Å². The summed E-state index contributed by atoms with van der Waals surface area (Å²) in [5.74, 6) is 0. The highest BCUT2D eigenvalue weighted by Crippen LogP contribution is 2.16. The van der Waals surface area contributed by atoms with E-state index in [2.05, 4.69) is 30.8 Å². The van der Waals surface area contributed by atoms with Crippen molar-refractivity contribution in [3.8, 4) is 0 Å². The van der Waals surface area contributed by atoms with Gasteiger partial charge in [0.25, 0.3) is 0 Å². The molecule has 7 heteroatoms. The summed E-state index contributed by atoms with van der Waals surface area (Å²) >= 11 is 3.28. The smallest absolute Gasteiger partial charge is 0.244 e. The number of aryl methyl sites for hydroxylation is 2. The Labute approximate surface area is 97.8 Å². The SMILES string of the molecule is Cc1n[nH]c(C)c1S(=O)(=O)NCC(C)Br. The van der Waals surface area contributed by atoms with Gasteiger partial charge < -0.3 is 0 Å². The molecule has 1 rings (SSSR count). The zero-order valence-electron chi connectivity index (χ0n) is 8.83. The highest BCUT2D eigenvalue weighted by Gasteiger charge is 2.21. The van der Waals surface area contributed by atoms with Crippen LogP contribution in [0.15, 0.2) is 4.90 Å². The van der Waals surface area contributed by atoms with Gasteiger partial charge in [-0.15, -0.1) is 0 Å². The number of nitrogens with one attached hydrogen (secondary N) is 2. The Morgan fingerprint density at radius 3 is 2.53 bits per heavy atom. The van der Waals surface area contributed by atoms with Gasteiger partial charge >= 0.3 is 0 Å². The summed E-state index contributed by atoms with van der Waals surface area (Å²) in [4.78, 5) is 0.343. The number of alkyl halides is 1. The number of halogens is 1. The van der Waals surface area contributed by atoms with Crippen molar-refractivity contribution in [1.29, 1.82) is 0 Å². The molecule has 0 aliphatic heterocycles. The number of hydrogen-bond acceptors (Lipinski definition) is 3. The lowest BCUT2D eigenvalue weighted by Gasteiger charge is -2.07. The van der Waals surface area contributed by atoms with Gasteiger partial charge in [0.1, 0.15) is 4.90 Å². The van der Waals surface area contributed by atoms with Gasteiger partial charge in [0.05, 0.1) is 11.4 Å². The number of aromatic nitrogens is 2. The lowest BCUT2D eigenvalue weighted by atomic mass is 10.4. The van der Waals surface area contributed by atoms with Crippen molar-refractivity contribution >= 4 is 26.0 Å². The minimum atomic E-state index is -3.45. The summed E-state index contributed by atoms with van der Waals surface area (Å²) in [7, 11) is -3.45. The molecule has 1 aromatic heterocycles. The average Bonchev–Trinajstić information content (AvgIpc) is 2.43. The number of nitrogens with zero attached hydrogens (tertiary/aromatic N) is 1. The van der Waals surface area contributed by atoms with Gasteiger partial charge in [-0.25, -0.2) is 13.1 Å². The summed E-state index contributed by atoms with van der Waals surface area (Å²) in [6.45, 7) is 5.58. The first-order valence-electron chi connectivity index (χ1n) is 4.50. The Bertz CT molecular complexity index is 419. The predicted octanol–water partition coefficient (Wildman–Crippen LogP) is 1.09. The molecule has 86 valence electrons. The van der Waals surface area contributed by atoms with Crippen LogP contribution in [0.2, 0.25) is 0 Å². The summed E-state index contributed by atoms with van der Waals surface area (Å²) < 4.78 is 26.2. The number of sulfonamides is 1. The predicted molar refractivity (Wildman–Crippen MR) is 61.6 cm³/mol. The van der Waals surface area contributed by atoms with Crippen molar-refractivity contribution < 1.29 is 8.42 Å². The van der Waals surface area contributed by atoms with Crippen LogP contribution < -0.4 is 4.72 Å². The molecule has 15 heavy (non-hydrogen) atoms. The molecule has 1 aromatic rings. The van der Waals surface area contributed by atoms with E-state index in [1.165, 1.54) is 0 Å². The van der Waals surface area contributed by atoms with E-state index in [-0.39, 0.29) is 9.72 Å². The fraction of sp³-hybridized carbons (Fsp3) is 0.625. The Morgan fingerprint density at radius 2 is 2.13 bits per heavy atom. The highest BCUT2D eigenvalue weighted by atomic mass is 79.9. The molecule has 0 radical (unpaired) electrons. The first-order valence-corrected chi connectivity index (χ1v) is 6.90. The number of aromatic amines is 1. The summed E-state index contributed by atoms with van der Waals surface area (Å²) in [6, 6.07) is 0. The van der Waals surface area contributed by atoms with Gasteiger partial charge in [-0.3, -0.25) is 5.10 Å². The monoisotopic (exact) mass is 295 g/mol. The van der Waals surface area contributed by atoms with E-state index >= 15 is 0 Å². The molecule has 2 N–H and O–H groups in total. The fourth-order valence-corrected chi connectivity index (χ4v) is 3.11. The van der Waals surface area contributed by atoms with Crippen LogP contribution >= 0.6 is 15.9 Å². The first kappa shape index (κ1) is 12.7. The van der Waals surface area contributed by atoms with E-state index in [1.54, 1.807) is 13.8 Å². The van der Waals surface area contributed by atoms with Crippen LogP contribution in [0.25, 0.3) is 0 Å². The van der Waals surface area contributed by atoms with Gasteiger partial charge in [-0.2, -0.15) is 5.10 Å². The zero-order valence-corrected chi connectivity index (χ0v) is 11.2. The molecule has 0 aliphatic carbocycles. The van der Waals surface area contributed by atoms with Crippen LogP contribution in [0.3, 0.4) is 0 Å². The van der Waals surface area contributed by atoms with Gasteiger partial charge in [0, 0.05) is 11.4 Å². The standard InChI is InChI=1S/C8H14BrN3O2S/c1-5(9)4-10-15(13,14)8-6(2)11-12-7(8)3/h5,10H,4H2,1-3H3,(H,11,12). The quantitative estimate of drug-likeness (QED) is 0.817. The van der Waals surface area contributed by atoms with Crippen LogP contribution in [0.1, 0.15) is 18.3 Å². The van der Waals surface area contributed by atoms with Crippen molar-refractivity contribution in [2.45, 2.75) is 30.5 Å². The maximum Gasteiger partial charge on any atom is 0.244 e. The molecule has 1 atom stereocenters. The second-order valence-corrected chi connectivity index (χ2v) is 6.66. The number of rotatable bonds is 4. The summed E-state index contributed by atoms with van der Waals surface area (Å²) in [5, 5.41) is 6.50. The second kappa shape index (κ2) is 4.63. The molecule has 0 saturated heterocycles. The summed E-state index contributed by atoms with van der Waals surface area (Å²) in [6.07, 6.45) is 0. The minimum absolute atomic E-state index is 0.0970. The molecule has 0 fully saturated rings. The van der Waals surface area contributed by atoms with Crippen LogP contribution in [0.4, 0.5) is 0 Å². The first-order chi connectivity index (χ1) is 6.84. The van der Waals surface area contributed by atoms with Crippen molar-refractivity contribution in [2.75, 3.05) is 6.54 Å². The molecule has 1 heterocycles. The van der Waals surface area contributed by atoms with Crippen molar-refractivity contribution in [3.63, 3.8) is 0 Å². The average molecular weight is 296 g/mol. The second-order valence-electron chi connectivity index (χ2n) is 3.40. The van der Waals surface area contributed by atoms with Gasteiger partial charge in [0.15, 0.2) is 0 Å². The van der Waals surface area contributed by atoms with E-state index in [4.69, 9.17) is 0 Å². The van der Waals surface area contributed by atoms with Gasteiger partial charge in [0.2, 0.25) is 10.0 Å². The molecule has 5 nitrogen and oxygen atoms in total. The summed E-state index contributed by atoms with van der Waals surface area (Å²) in [5.41, 5.74) is 1.05. The molecular weight excluding hydrogens is 282 g/mol. The third-order valence-corrected chi connectivity index (χ3v) is 3.89. The molecule has 0 aromatic carbocycles. The van der Waals surface area contributed by atoms with E-state index < -0.39 is 10.0 Å². The topological polar surface area (TPSA) is 74.8 Å². The van der Waals surface area contributed by atoms with Crippen molar-refractivity contribution in [1.82, 2.24) is 14.9 Å². The van der Waals surface area contributed by atoms with E-state index in [1.807, 2.05) is 6.92 Å². The third-order valence-electron chi connectivity index (χ3n) is 1.88. The maximum absolute atomic E-state index is 11.8. The molecule has 0 amide bonds. The Morgan fingerprint density at radius 1 is 1.53 bits per heavy atom. The van der Waals surface area contributed by atoms with Gasteiger partial charge in [-0.1, -0.05) is 22.9 Å². The normalized spacial score (nSPS) is 14.1. The van der Waals surface area contributed by atoms with Crippen molar-refractivity contribution in [2.24, 2.45) is 0 Å². The third kappa shape index (κ3) is 3.02. The van der Waals surface area contributed by atoms with Gasteiger partial charge in [-0.05, 0) is 13.8 Å². The van der Waals surface area contributed by atoms with Crippen LogP contribution in [-0.4, -0.2) is 30.0 Å². The lowest BCUT2D eigenvalue weighted by molar-refractivity contribution is 0.580. The number of hydrogen-bond donors (Lipinski definition) is 2. The molecule has 0 bridgehead atoms. The Kier molecular flexibility index (Phi) is 3.91. The largest absolute Gasteiger partial charge is 0.281 e.